The van der Waals surface area contributed by atoms with Crippen molar-refractivity contribution in [1.29, 1.82) is 0 Å². The predicted molar refractivity (Wildman–Crippen MR) is 87.4 cm³/mol. The number of ether oxygens (including phenoxy) is 1. The number of guanidine groups is 1. The first-order valence-electron chi connectivity index (χ1n) is 7.31. The fraction of sp³-hybridized carbons (Fsp3) is 0.375. The summed E-state index contributed by atoms with van der Waals surface area (Å²) in [5, 5.41) is 10.5. The Morgan fingerprint density at radius 3 is 2.74 bits per heavy atom. The molecule has 2 N–H and O–H groups in total. The van der Waals surface area contributed by atoms with Gasteiger partial charge < -0.3 is 15.4 Å². The van der Waals surface area contributed by atoms with Crippen LogP contribution in [0.3, 0.4) is 0 Å². The van der Waals surface area contributed by atoms with Gasteiger partial charge in [-0.1, -0.05) is 6.07 Å². The minimum atomic E-state index is -0.255. The van der Waals surface area contributed by atoms with Gasteiger partial charge in [0.1, 0.15) is 5.82 Å². The number of aliphatic imine (C=N–C) groups is 1. The third-order valence-electron chi connectivity index (χ3n) is 3.45. The monoisotopic (exact) mass is 319 g/mol. The van der Waals surface area contributed by atoms with Crippen molar-refractivity contribution in [2.45, 2.75) is 19.7 Å². The number of rotatable bonds is 6. The van der Waals surface area contributed by atoms with E-state index in [9.17, 15) is 4.39 Å². The van der Waals surface area contributed by atoms with Gasteiger partial charge in [0.15, 0.2) is 5.96 Å². The number of nitrogens with one attached hydrogen (secondary N) is 2. The van der Waals surface area contributed by atoms with Gasteiger partial charge in [-0.15, -0.1) is 0 Å². The fourth-order valence-corrected chi connectivity index (χ4v) is 2.16. The maximum atomic E-state index is 13.6. The van der Waals surface area contributed by atoms with Gasteiger partial charge in [0, 0.05) is 39.5 Å². The molecule has 0 radical (unpaired) electrons. The lowest BCUT2D eigenvalue weighted by Gasteiger charge is -2.13. The molecule has 6 nitrogen and oxygen atoms in total. The number of methoxy groups -OCH3 is 1. The van der Waals surface area contributed by atoms with Crippen LogP contribution in [0.4, 0.5) is 4.39 Å². The zero-order valence-electron chi connectivity index (χ0n) is 13.6. The summed E-state index contributed by atoms with van der Waals surface area (Å²) in [6.07, 6.45) is 1.75. The highest BCUT2D eigenvalue weighted by Gasteiger charge is 2.05. The average molecular weight is 319 g/mol. The SMILES string of the molecule is CN=C(NCc1ccc(F)c(COC)c1)NCc1ccnn1C. The number of halogens is 1. The van der Waals surface area contributed by atoms with Gasteiger partial charge in [-0.25, -0.2) is 4.39 Å². The van der Waals surface area contributed by atoms with Crippen LogP contribution in [0.15, 0.2) is 35.5 Å². The molecule has 1 aromatic heterocycles. The van der Waals surface area contributed by atoms with E-state index in [1.807, 2.05) is 13.1 Å². The Hall–Kier alpha value is -2.41. The first kappa shape index (κ1) is 17.0. The third-order valence-corrected chi connectivity index (χ3v) is 3.45. The molecular formula is C16H22FN5O. The molecule has 7 heteroatoms. The van der Waals surface area contributed by atoms with Crippen molar-refractivity contribution < 1.29 is 9.13 Å². The Morgan fingerprint density at radius 1 is 1.30 bits per heavy atom. The molecule has 0 saturated heterocycles. The summed E-state index contributed by atoms with van der Waals surface area (Å²) in [7, 11) is 5.15. The lowest BCUT2D eigenvalue weighted by molar-refractivity contribution is 0.181. The molecule has 0 amide bonds. The van der Waals surface area contributed by atoms with Crippen LogP contribution in [0, 0.1) is 5.82 Å². The van der Waals surface area contributed by atoms with Crippen LogP contribution in [0.2, 0.25) is 0 Å². The second-order valence-corrected chi connectivity index (χ2v) is 5.08. The van der Waals surface area contributed by atoms with E-state index >= 15 is 0 Å². The van der Waals surface area contributed by atoms with Crippen LogP contribution < -0.4 is 10.6 Å². The molecule has 0 atom stereocenters. The molecule has 1 aromatic carbocycles. The van der Waals surface area contributed by atoms with Crippen molar-refractivity contribution in [2.75, 3.05) is 14.2 Å². The summed E-state index contributed by atoms with van der Waals surface area (Å²) in [6.45, 7) is 1.42. The zero-order chi connectivity index (χ0) is 16.7. The molecule has 0 saturated carbocycles. The topological polar surface area (TPSA) is 63.5 Å². The Labute approximate surface area is 135 Å². The van der Waals surface area contributed by atoms with Crippen LogP contribution in [0.5, 0.6) is 0 Å². The van der Waals surface area contributed by atoms with Gasteiger partial charge in [0.25, 0.3) is 0 Å². The number of hydrogen-bond acceptors (Lipinski definition) is 3. The van der Waals surface area contributed by atoms with Crippen molar-refractivity contribution in [3.63, 3.8) is 0 Å². The van der Waals surface area contributed by atoms with Crippen molar-refractivity contribution in [3.8, 4) is 0 Å². The van der Waals surface area contributed by atoms with Crippen LogP contribution in [-0.4, -0.2) is 29.9 Å². The highest BCUT2D eigenvalue weighted by Crippen LogP contribution is 2.11. The van der Waals surface area contributed by atoms with Gasteiger partial charge in [-0.3, -0.25) is 9.67 Å². The largest absolute Gasteiger partial charge is 0.380 e. The molecule has 0 unspecified atom stereocenters. The summed E-state index contributed by atoms with van der Waals surface area (Å²) in [6, 6.07) is 6.94. The predicted octanol–water partition coefficient (Wildman–Crippen LogP) is 1.57. The van der Waals surface area contributed by atoms with Crippen molar-refractivity contribution in [3.05, 3.63) is 53.1 Å². The van der Waals surface area contributed by atoms with Gasteiger partial charge in [0.05, 0.1) is 18.8 Å². The maximum absolute atomic E-state index is 13.6. The molecule has 23 heavy (non-hydrogen) atoms. The summed E-state index contributed by atoms with van der Waals surface area (Å²) in [5.41, 5.74) is 2.56. The van der Waals surface area contributed by atoms with Crippen molar-refractivity contribution in [2.24, 2.45) is 12.0 Å². The second kappa shape index (κ2) is 8.28. The number of benzene rings is 1. The Bertz CT molecular complexity index is 668. The molecule has 0 aliphatic heterocycles. The first-order valence-corrected chi connectivity index (χ1v) is 7.31. The van der Waals surface area contributed by atoms with Crippen LogP contribution >= 0.6 is 0 Å². The number of nitrogens with zero attached hydrogens (tertiary/aromatic N) is 3. The summed E-state index contributed by atoms with van der Waals surface area (Å²) >= 11 is 0. The normalized spacial score (nSPS) is 11.6. The maximum Gasteiger partial charge on any atom is 0.191 e. The summed E-state index contributed by atoms with van der Waals surface area (Å²) in [4.78, 5) is 4.17. The molecule has 0 aliphatic rings. The fourth-order valence-electron chi connectivity index (χ4n) is 2.16. The van der Waals surface area contributed by atoms with Crippen molar-refractivity contribution >= 4 is 5.96 Å². The van der Waals surface area contributed by atoms with E-state index in [-0.39, 0.29) is 12.4 Å². The van der Waals surface area contributed by atoms with Gasteiger partial charge >= 0.3 is 0 Å². The standard InChI is InChI=1S/C16H22FN5O/c1-18-16(20-10-14-6-7-21-22(14)2)19-9-12-4-5-15(17)13(8-12)11-23-3/h4-8H,9-11H2,1-3H3,(H2,18,19,20). The third kappa shape index (κ3) is 4.79. The molecule has 2 aromatic rings. The second-order valence-electron chi connectivity index (χ2n) is 5.08. The zero-order valence-corrected chi connectivity index (χ0v) is 13.6. The van der Waals surface area contributed by atoms with E-state index < -0.39 is 0 Å². The minimum Gasteiger partial charge on any atom is -0.380 e. The van der Waals surface area contributed by atoms with Crippen LogP contribution in [0.1, 0.15) is 16.8 Å². The smallest absolute Gasteiger partial charge is 0.191 e. The van der Waals surface area contributed by atoms with E-state index in [4.69, 9.17) is 4.74 Å². The summed E-state index contributed by atoms with van der Waals surface area (Å²) < 4.78 is 20.4. The number of aryl methyl sites for hydroxylation is 1. The van der Waals surface area contributed by atoms with E-state index in [1.165, 1.54) is 6.07 Å². The number of hydrogen-bond donors (Lipinski definition) is 2. The van der Waals surface area contributed by atoms with Crippen LogP contribution in [0.25, 0.3) is 0 Å². The van der Waals surface area contributed by atoms with Gasteiger partial charge in [0.2, 0.25) is 0 Å². The average Bonchev–Trinajstić information content (AvgIpc) is 2.96. The molecule has 1 heterocycles. The summed E-state index contributed by atoms with van der Waals surface area (Å²) in [5.74, 6) is 0.415. The molecule has 0 spiro atoms. The minimum absolute atomic E-state index is 0.255. The van der Waals surface area contributed by atoms with Gasteiger partial charge in [-0.2, -0.15) is 5.10 Å². The first-order chi connectivity index (χ1) is 11.1. The molecule has 124 valence electrons. The lowest BCUT2D eigenvalue weighted by Crippen LogP contribution is -2.36. The Morgan fingerprint density at radius 2 is 2.09 bits per heavy atom. The van der Waals surface area contributed by atoms with Gasteiger partial charge in [-0.05, 0) is 23.8 Å². The molecule has 0 bridgehead atoms. The molecule has 2 rings (SSSR count). The Balaban J connectivity index is 1.90. The molecule has 0 fully saturated rings. The van der Waals surface area contributed by atoms with Crippen molar-refractivity contribution in [1.82, 2.24) is 20.4 Å². The van der Waals surface area contributed by atoms with Crippen LogP contribution in [-0.2, 0) is 31.5 Å². The highest BCUT2D eigenvalue weighted by atomic mass is 19.1. The van der Waals surface area contributed by atoms with E-state index in [2.05, 4.69) is 20.7 Å². The van der Waals surface area contributed by atoms with E-state index in [1.54, 1.807) is 37.2 Å². The van der Waals surface area contributed by atoms with E-state index in [0.717, 1.165) is 11.3 Å². The lowest BCUT2D eigenvalue weighted by atomic mass is 10.1. The van der Waals surface area contributed by atoms with E-state index in [0.29, 0.717) is 24.6 Å². The highest BCUT2D eigenvalue weighted by molar-refractivity contribution is 5.79. The molecule has 0 aliphatic carbocycles. The number of aromatic nitrogens is 2. The molecular weight excluding hydrogens is 297 g/mol. The quantitative estimate of drug-likeness (QED) is 0.627. The Kier molecular flexibility index (Phi) is 6.10.